The lowest BCUT2D eigenvalue weighted by Gasteiger charge is -2.22. The highest BCUT2D eigenvalue weighted by Crippen LogP contribution is 2.17. The summed E-state index contributed by atoms with van der Waals surface area (Å²) in [5.74, 6) is 0.421. The number of carbonyl (C=O) groups excluding carboxylic acids is 1. The first-order chi connectivity index (χ1) is 9.16. The lowest BCUT2D eigenvalue weighted by Crippen LogP contribution is -2.30. The minimum Gasteiger partial charge on any atom is -0.385 e. The summed E-state index contributed by atoms with van der Waals surface area (Å²) in [7, 11) is 0. The number of rotatable bonds is 5. The number of hydrogen-bond donors (Lipinski definition) is 3. The molecule has 1 aromatic rings. The van der Waals surface area contributed by atoms with Crippen molar-refractivity contribution < 1.29 is 4.79 Å². The maximum atomic E-state index is 11.1. The van der Waals surface area contributed by atoms with Gasteiger partial charge in [0.05, 0.1) is 0 Å². The Kier molecular flexibility index (Phi) is 4.80. The number of benzene rings is 1. The first-order valence-electron chi connectivity index (χ1n) is 7.02. The molecule has 4 heteroatoms. The van der Waals surface area contributed by atoms with Crippen LogP contribution in [0, 0.1) is 12.8 Å². The average molecular weight is 261 g/mol. The maximum absolute atomic E-state index is 11.1. The number of nitrogens with one attached hydrogen (secondary N) is 2. The second kappa shape index (κ2) is 6.57. The SMILES string of the molecule is Cc1cc(NCCC2CCCNC2)ccc1C(N)=O. The first-order valence-corrected chi connectivity index (χ1v) is 7.02. The van der Waals surface area contributed by atoms with Crippen LogP contribution in [-0.4, -0.2) is 25.5 Å². The molecule has 1 heterocycles. The van der Waals surface area contributed by atoms with Crippen molar-refractivity contribution in [3.05, 3.63) is 29.3 Å². The van der Waals surface area contributed by atoms with Crippen molar-refractivity contribution >= 4 is 11.6 Å². The van der Waals surface area contributed by atoms with Gasteiger partial charge in [-0.25, -0.2) is 0 Å². The molecule has 1 atom stereocenters. The molecule has 0 radical (unpaired) electrons. The van der Waals surface area contributed by atoms with Crippen molar-refractivity contribution in [3.8, 4) is 0 Å². The molecule has 1 saturated heterocycles. The summed E-state index contributed by atoms with van der Waals surface area (Å²) < 4.78 is 0. The molecule has 2 rings (SSSR count). The number of primary amides is 1. The van der Waals surface area contributed by atoms with Crippen LogP contribution in [0.4, 0.5) is 5.69 Å². The van der Waals surface area contributed by atoms with Crippen molar-refractivity contribution in [2.75, 3.05) is 25.0 Å². The first kappa shape index (κ1) is 13.9. The number of hydrogen-bond acceptors (Lipinski definition) is 3. The number of aryl methyl sites for hydroxylation is 1. The van der Waals surface area contributed by atoms with Gasteiger partial charge in [0.1, 0.15) is 0 Å². The van der Waals surface area contributed by atoms with Gasteiger partial charge in [-0.3, -0.25) is 4.79 Å². The van der Waals surface area contributed by atoms with E-state index in [1.807, 2.05) is 19.1 Å². The van der Waals surface area contributed by atoms with Crippen molar-refractivity contribution in [3.63, 3.8) is 0 Å². The Balaban J connectivity index is 1.82. The number of carbonyl (C=O) groups is 1. The molecule has 0 bridgehead atoms. The zero-order valence-electron chi connectivity index (χ0n) is 11.5. The second-order valence-electron chi connectivity index (χ2n) is 5.32. The van der Waals surface area contributed by atoms with Crippen LogP contribution < -0.4 is 16.4 Å². The third-order valence-electron chi connectivity index (χ3n) is 3.77. The molecule has 4 N–H and O–H groups in total. The van der Waals surface area contributed by atoms with E-state index in [2.05, 4.69) is 10.6 Å². The summed E-state index contributed by atoms with van der Waals surface area (Å²) in [6.45, 7) is 5.19. The van der Waals surface area contributed by atoms with E-state index >= 15 is 0 Å². The van der Waals surface area contributed by atoms with Gasteiger partial charge < -0.3 is 16.4 Å². The van der Waals surface area contributed by atoms with Crippen LogP contribution in [0.15, 0.2) is 18.2 Å². The van der Waals surface area contributed by atoms with E-state index < -0.39 is 0 Å². The summed E-state index contributed by atoms with van der Waals surface area (Å²) in [6, 6.07) is 5.70. The van der Waals surface area contributed by atoms with E-state index in [1.165, 1.54) is 19.3 Å². The average Bonchev–Trinajstić information content (AvgIpc) is 2.39. The summed E-state index contributed by atoms with van der Waals surface area (Å²) in [5.41, 5.74) is 7.88. The predicted octanol–water partition coefficient (Wildman–Crippen LogP) is 1.90. The normalized spacial score (nSPS) is 19.1. The molecule has 0 saturated carbocycles. The van der Waals surface area contributed by atoms with E-state index in [1.54, 1.807) is 6.07 Å². The molecule has 1 aromatic carbocycles. The van der Waals surface area contributed by atoms with Gasteiger partial charge in [0.15, 0.2) is 0 Å². The fourth-order valence-electron chi connectivity index (χ4n) is 2.64. The van der Waals surface area contributed by atoms with E-state index in [-0.39, 0.29) is 5.91 Å². The smallest absolute Gasteiger partial charge is 0.248 e. The molecule has 1 unspecified atom stereocenters. The van der Waals surface area contributed by atoms with Crippen molar-refractivity contribution in [1.29, 1.82) is 0 Å². The minimum atomic E-state index is -0.364. The largest absolute Gasteiger partial charge is 0.385 e. The molecule has 104 valence electrons. The number of piperidine rings is 1. The van der Waals surface area contributed by atoms with Gasteiger partial charge >= 0.3 is 0 Å². The zero-order chi connectivity index (χ0) is 13.7. The highest BCUT2D eigenvalue weighted by atomic mass is 16.1. The van der Waals surface area contributed by atoms with Gasteiger partial charge in [-0.05, 0) is 69.0 Å². The number of nitrogens with two attached hydrogens (primary N) is 1. The van der Waals surface area contributed by atoms with E-state index in [4.69, 9.17) is 5.73 Å². The monoisotopic (exact) mass is 261 g/mol. The maximum Gasteiger partial charge on any atom is 0.248 e. The van der Waals surface area contributed by atoms with Crippen molar-refractivity contribution in [2.45, 2.75) is 26.2 Å². The standard InChI is InChI=1S/C15H23N3O/c1-11-9-13(4-5-14(11)15(16)19)18-8-6-12-3-2-7-17-10-12/h4-5,9,12,17-18H,2-3,6-8,10H2,1H3,(H2,16,19). The molecule has 0 aromatic heterocycles. The van der Waals surface area contributed by atoms with E-state index in [0.717, 1.165) is 36.8 Å². The third-order valence-corrected chi connectivity index (χ3v) is 3.77. The van der Waals surface area contributed by atoms with Crippen LogP contribution in [0.1, 0.15) is 35.2 Å². The number of anilines is 1. The molecular weight excluding hydrogens is 238 g/mol. The Morgan fingerprint density at radius 1 is 1.53 bits per heavy atom. The highest BCUT2D eigenvalue weighted by Gasteiger charge is 2.12. The van der Waals surface area contributed by atoms with Gasteiger partial charge in [-0.1, -0.05) is 0 Å². The summed E-state index contributed by atoms with van der Waals surface area (Å²) in [6.07, 6.45) is 3.80. The highest BCUT2D eigenvalue weighted by molar-refractivity contribution is 5.94. The van der Waals surface area contributed by atoms with Crippen LogP contribution in [-0.2, 0) is 0 Å². The predicted molar refractivity (Wildman–Crippen MR) is 78.4 cm³/mol. The molecular formula is C15H23N3O. The zero-order valence-corrected chi connectivity index (χ0v) is 11.5. The Bertz CT molecular complexity index is 439. The van der Waals surface area contributed by atoms with Crippen LogP contribution in [0.25, 0.3) is 0 Å². The van der Waals surface area contributed by atoms with Crippen LogP contribution in [0.2, 0.25) is 0 Å². The fourth-order valence-corrected chi connectivity index (χ4v) is 2.64. The van der Waals surface area contributed by atoms with E-state index in [0.29, 0.717) is 5.56 Å². The van der Waals surface area contributed by atoms with Crippen molar-refractivity contribution in [2.24, 2.45) is 11.7 Å². The Hall–Kier alpha value is -1.55. The molecule has 4 nitrogen and oxygen atoms in total. The Labute approximate surface area is 114 Å². The van der Waals surface area contributed by atoms with Gasteiger partial charge in [-0.2, -0.15) is 0 Å². The molecule has 1 aliphatic rings. The lowest BCUT2D eigenvalue weighted by molar-refractivity contribution is 0.1000. The summed E-state index contributed by atoms with van der Waals surface area (Å²) >= 11 is 0. The molecule has 19 heavy (non-hydrogen) atoms. The van der Waals surface area contributed by atoms with Crippen LogP contribution in [0.3, 0.4) is 0 Å². The van der Waals surface area contributed by atoms with Crippen molar-refractivity contribution in [1.82, 2.24) is 5.32 Å². The Morgan fingerprint density at radius 2 is 2.37 bits per heavy atom. The van der Waals surface area contributed by atoms with Gasteiger partial charge in [0.25, 0.3) is 0 Å². The topological polar surface area (TPSA) is 67.2 Å². The fraction of sp³-hybridized carbons (Fsp3) is 0.533. The molecule has 0 aliphatic carbocycles. The second-order valence-corrected chi connectivity index (χ2v) is 5.32. The van der Waals surface area contributed by atoms with Crippen LogP contribution in [0.5, 0.6) is 0 Å². The molecule has 1 aliphatic heterocycles. The van der Waals surface area contributed by atoms with Gasteiger partial charge in [0, 0.05) is 17.8 Å². The molecule has 1 fully saturated rings. The molecule has 1 amide bonds. The summed E-state index contributed by atoms with van der Waals surface area (Å²) in [4.78, 5) is 11.1. The minimum absolute atomic E-state index is 0.364. The van der Waals surface area contributed by atoms with Gasteiger partial charge in [-0.15, -0.1) is 0 Å². The van der Waals surface area contributed by atoms with Crippen LogP contribution >= 0.6 is 0 Å². The summed E-state index contributed by atoms with van der Waals surface area (Å²) in [5, 5.41) is 6.85. The molecule has 0 spiro atoms. The number of amides is 1. The lowest BCUT2D eigenvalue weighted by atomic mass is 9.96. The van der Waals surface area contributed by atoms with E-state index in [9.17, 15) is 4.79 Å². The van der Waals surface area contributed by atoms with Gasteiger partial charge in [0.2, 0.25) is 5.91 Å². The quantitative estimate of drug-likeness (QED) is 0.758. The Morgan fingerprint density at radius 3 is 3.00 bits per heavy atom. The third kappa shape index (κ3) is 3.96.